The quantitative estimate of drug-likeness (QED) is 0.319. The molecule has 4 rings (SSSR count). The molecule has 3 aromatic rings. The molecule has 2 heterocycles. The van der Waals surface area contributed by atoms with Crippen molar-refractivity contribution in [1.82, 2.24) is 4.98 Å². The molecular formula is C25H21ClN4O6S. The number of aryl methyl sites for hydroxylation is 1. The van der Waals surface area contributed by atoms with Crippen molar-refractivity contribution >= 4 is 63.1 Å². The molecule has 0 spiro atoms. The van der Waals surface area contributed by atoms with E-state index in [2.05, 4.69) is 15.6 Å². The Labute approximate surface area is 220 Å². The highest BCUT2D eigenvalue weighted by Gasteiger charge is 2.40. The van der Waals surface area contributed by atoms with E-state index >= 15 is 0 Å². The Balaban J connectivity index is 1.46. The number of benzene rings is 2. The fraction of sp³-hybridized carbons (Fsp3) is 0.160. The van der Waals surface area contributed by atoms with Crippen molar-refractivity contribution in [2.45, 2.75) is 13.8 Å². The van der Waals surface area contributed by atoms with Gasteiger partial charge in [-0.1, -0.05) is 35.1 Å². The molecule has 0 aliphatic carbocycles. The molecule has 190 valence electrons. The monoisotopic (exact) mass is 540 g/mol. The lowest BCUT2D eigenvalue weighted by molar-refractivity contribution is -0.120. The van der Waals surface area contributed by atoms with Crippen LogP contribution in [0.4, 0.5) is 16.5 Å². The highest BCUT2D eigenvalue weighted by atomic mass is 35.5. The summed E-state index contributed by atoms with van der Waals surface area (Å²) in [6.07, 6.45) is 0. The van der Waals surface area contributed by atoms with Crippen LogP contribution in [0.1, 0.15) is 32.6 Å². The first-order valence-corrected chi connectivity index (χ1v) is 12.2. The first-order chi connectivity index (χ1) is 17.7. The lowest BCUT2D eigenvalue weighted by Crippen LogP contribution is -2.32. The topological polar surface area (TPSA) is 127 Å². The summed E-state index contributed by atoms with van der Waals surface area (Å²) in [5.74, 6) is -1.92. The third-order valence-electron chi connectivity index (χ3n) is 5.25. The Kier molecular flexibility index (Phi) is 7.55. The van der Waals surface area contributed by atoms with Gasteiger partial charge in [-0.15, -0.1) is 0 Å². The van der Waals surface area contributed by atoms with Gasteiger partial charge in [0, 0.05) is 11.3 Å². The first-order valence-electron chi connectivity index (χ1n) is 11.0. The zero-order valence-corrected chi connectivity index (χ0v) is 21.5. The normalized spacial score (nSPS) is 13.1. The molecule has 10 nitrogen and oxygen atoms in total. The van der Waals surface area contributed by atoms with Crippen LogP contribution in [0, 0.1) is 6.92 Å². The maximum Gasteiger partial charge on any atom is 0.350 e. The Bertz CT molecular complexity index is 1430. The number of hydrogen-bond acceptors (Lipinski definition) is 9. The average Bonchev–Trinajstić information content (AvgIpc) is 3.36. The van der Waals surface area contributed by atoms with Crippen molar-refractivity contribution in [2.24, 2.45) is 0 Å². The SMILES string of the molecule is CCOC(=O)c1sc(NC(=O)c2ccc(NC3=C(Cl)C(=O)N(c4ccccc4OC)C3=O)cc2)nc1C. The molecule has 0 atom stereocenters. The van der Waals surface area contributed by atoms with Gasteiger partial charge in [0.25, 0.3) is 17.7 Å². The van der Waals surface area contributed by atoms with Gasteiger partial charge >= 0.3 is 5.97 Å². The lowest BCUT2D eigenvalue weighted by Gasteiger charge is -2.17. The molecule has 12 heteroatoms. The van der Waals surface area contributed by atoms with E-state index in [1.165, 1.54) is 19.2 Å². The molecule has 1 aliphatic rings. The van der Waals surface area contributed by atoms with Crippen LogP contribution >= 0.6 is 22.9 Å². The number of nitrogens with one attached hydrogen (secondary N) is 2. The van der Waals surface area contributed by atoms with Gasteiger partial charge in [-0.25, -0.2) is 14.7 Å². The van der Waals surface area contributed by atoms with Crippen molar-refractivity contribution in [3.63, 3.8) is 0 Å². The fourth-order valence-corrected chi connectivity index (χ4v) is 4.57. The van der Waals surface area contributed by atoms with Gasteiger partial charge in [-0.3, -0.25) is 19.7 Å². The molecule has 37 heavy (non-hydrogen) atoms. The van der Waals surface area contributed by atoms with Crippen LogP contribution in [0.2, 0.25) is 0 Å². The second-order valence-corrected chi connectivity index (χ2v) is 8.99. The maximum absolute atomic E-state index is 13.0. The number of imide groups is 1. The molecule has 0 radical (unpaired) electrons. The standard InChI is InChI=1S/C25H21ClN4O6S/c1-4-36-24(34)20-13(2)27-25(37-20)29-21(31)14-9-11-15(12-10-14)28-19-18(26)22(32)30(23(19)33)16-7-5-6-8-17(16)35-3/h5-12,28H,4H2,1-3H3,(H,27,29,31). The largest absolute Gasteiger partial charge is 0.495 e. The highest BCUT2D eigenvalue weighted by molar-refractivity contribution is 7.17. The first kappa shape index (κ1) is 25.9. The third-order valence-corrected chi connectivity index (χ3v) is 6.65. The molecule has 0 bridgehead atoms. The van der Waals surface area contributed by atoms with Crippen LogP contribution in [-0.4, -0.2) is 42.4 Å². The summed E-state index contributed by atoms with van der Waals surface area (Å²) >= 11 is 7.23. The van der Waals surface area contributed by atoms with Gasteiger partial charge < -0.3 is 14.8 Å². The Morgan fingerprint density at radius 1 is 1.08 bits per heavy atom. The summed E-state index contributed by atoms with van der Waals surface area (Å²) in [5, 5.41) is 5.51. The zero-order valence-electron chi connectivity index (χ0n) is 20.0. The van der Waals surface area contributed by atoms with E-state index < -0.39 is 23.7 Å². The van der Waals surface area contributed by atoms with Crippen molar-refractivity contribution < 1.29 is 28.7 Å². The van der Waals surface area contributed by atoms with Crippen LogP contribution < -0.4 is 20.3 Å². The molecule has 1 aliphatic heterocycles. The van der Waals surface area contributed by atoms with Gasteiger partial charge in [0.1, 0.15) is 21.4 Å². The van der Waals surface area contributed by atoms with Crippen LogP contribution in [0.25, 0.3) is 0 Å². The number of halogens is 1. The molecule has 3 amide bonds. The summed E-state index contributed by atoms with van der Waals surface area (Å²) in [4.78, 5) is 55.9. The van der Waals surface area contributed by atoms with Crippen LogP contribution in [0.5, 0.6) is 5.75 Å². The molecule has 2 N–H and O–H groups in total. The highest BCUT2D eigenvalue weighted by Crippen LogP contribution is 2.35. The Hall–Kier alpha value is -4.22. The van der Waals surface area contributed by atoms with E-state index in [1.54, 1.807) is 50.2 Å². The number of thiazole rings is 1. The minimum Gasteiger partial charge on any atom is -0.495 e. The zero-order chi connectivity index (χ0) is 26.7. The number of ether oxygens (including phenoxy) is 2. The summed E-state index contributed by atoms with van der Waals surface area (Å²) in [5.41, 5.74) is 1.37. The van der Waals surface area contributed by atoms with E-state index in [-0.39, 0.29) is 28.2 Å². The number of nitrogens with zero attached hydrogens (tertiary/aromatic N) is 2. The number of hydrogen-bond donors (Lipinski definition) is 2. The van der Waals surface area contributed by atoms with E-state index in [1.807, 2.05) is 0 Å². The van der Waals surface area contributed by atoms with Crippen LogP contribution in [0.15, 0.2) is 59.3 Å². The second kappa shape index (κ2) is 10.8. The number of amides is 3. The number of rotatable bonds is 8. The predicted octanol–water partition coefficient (Wildman–Crippen LogP) is 4.32. The van der Waals surface area contributed by atoms with Gasteiger partial charge in [-0.2, -0.15) is 0 Å². The Morgan fingerprint density at radius 2 is 1.78 bits per heavy atom. The van der Waals surface area contributed by atoms with Crippen molar-refractivity contribution in [2.75, 3.05) is 29.3 Å². The number of anilines is 3. The minimum absolute atomic E-state index is 0.0977. The summed E-state index contributed by atoms with van der Waals surface area (Å²) in [7, 11) is 1.44. The molecule has 0 unspecified atom stereocenters. The minimum atomic E-state index is -0.685. The number of methoxy groups -OCH3 is 1. The molecule has 0 saturated carbocycles. The smallest absolute Gasteiger partial charge is 0.350 e. The number of esters is 1. The fourth-order valence-electron chi connectivity index (χ4n) is 3.50. The van der Waals surface area contributed by atoms with Gasteiger partial charge in [0.15, 0.2) is 5.13 Å². The summed E-state index contributed by atoms with van der Waals surface area (Å²) in [6.45, 7) is 3.60. The van der Waals surface area contributed by atoms with Crippen LogP contribution in [-0.2, 0) is 14.3 Å². The summed E-state index contributed by atoms with van der Waals surface area (Å²) in [6, 6.07) is 12.8. The number of carbonyl (C=O) groups excluding carboxylic acids is 4. The molecule has 1 aromatic heterocycles. The van der Waals surface area contributed by atoms with E-state index in [0.717, 1.165) is 16.2 Å². The van der Waals surface area contributed by atoms with Gasteiger partial charge in [0.05, 0.1) is 25.1 Å². The predicted molar refractivity (Wildman–Crippen MR) is 139 cm³/mol. The number of carbonyl (C=O) groups is 4. The average molecular weight is 541 g/mol. The third kappa shape index (κ3) is 5.18. The van der Waals surface area contributed by atoms with Crippen molar-refractivity contribution in [1.29, 1.82) is 0 Å². The van der Waals surface area contributed by atoms with Gasteiger partial charge in [-0.05, 0) is 50.2 Å². The van der Waals surface area contributed by atoms with Crippen molar-refractivity contribution in [3.8, 4) is 5.75 Å². The summed E-state index contributed by atoms with van der Waals surface area (Å²) < 4.78 is 10.2. The van der Waals surface area contributed by atoms with Crippen LogP contribution in [0.3, 0.4) is 0 Å². The Morgan fingerprint density at radius 3 is 2.46 bits per heavy atom. The molecule has 2 aromatic carbocycles. The van der Waals surface area contributed by atoms with Crippen molar-refractivity contribution in [3.05, 3.63) is 75.4 Å². The number of aromatic nitrogens is 1. The second-order valence-electron chi connectivity index (χ2n) is 7.62. The van der Waals surface area contributed by atoms with Gasteiger partial charge in [0.2, 0.25) is 0 Å². The molecule has 0 fully saturated rings. The van der Waals surface area contributed by atoms with E-state index in [9.17, 15) is 19.2 Å². The number of para-hydroxylation sites is 2. The molecule has 0 saturated heterocycles. The maximum atomic E-state index is 13.0. The molecular weight excluding hydrogens is 520 g/mol. The lowest BCUT2D eigenvalue weighted by atomic mass is 10.2. The van der Waals surface area contributed by atoms with E-state index in [4.69, 9.17) is 21.1 Å². The van der Waals surface area contributed by atoms with E-state index in [0.29, 0.717) is 27.6 Å².